The maximum absolute atomic E-state index is 11.3. The van der Waals surface area contributed by atoms with E-state index in [1.807, 2.05) is 24.3 Å². The monoisotopic (exact) mass is 313 g/mol. The lowest BCUT2D eigenvalue weighted by Gasteiger charge is -2.17. The minimum Gasteiger partial charge on any atom is -0.298 e. The van der Waals surface area contributed by atoms with Gasteiger partial charge in [0.15, 0.2) is 0 Å². The zero-order valence-corrected chi connectivity index (χ0v) is 10.9. The number of ketones is 1. The summed E-state index contributed by atoms with van der Waals surface area (Å²) in [5.41, 5.74) is 0.127. The molecule has 0 spiro atoms. The Labute approximate surface area is 103 Å². The van der Waals surface area contributed by atoms with Gasteiger partial charge in [-0.3, -0.25) is 4.79 Å². The fourth-order valence-corrected chi connectivity index (χ4v) is 1.61. The van der Waals surface area contributed by atoms with E-state index in [2.05, 4.69) is 28.7 Å². The predicted octanol–water partition coefficient (Wildman–Crippen LogP) is 2.95. The third-order valence-electron chi connectivity index (χ3n) is 2.49. The predicted molar refractivity (Wildman–Crippen MR) is 67.3 cm³/mol. The lowest BCUT2D eigenvalue weighted by atomic mass is 9.82. The molecule has 0 aliphatic carbocycles. The Morgan fingerprint density at radius 3 is 2.40 bits per heavy atom. The van der Waals surface area contributed by atoms with Crippen molar-refractivity contribution in [2.75, 3.05) is 0 Å². The van der Waals surface area contributed by atoms with Crippen molar-refractivity contribution in [3.8, 4) is 6.07 Å². The Morgan fingerprint density at radius 1 is 1.47 bits per heavy atom. The van der Waals surface area contributed by atoms with Crippen LogP contribution in [-0.4, -0.2) is 5.78 Å². The molecular weight excluding hydrogens is 301 g/mol. The molecule has 1 unspecified atom stereocenters. The molecule has 1 atom stereocenters. The average molecular weight is 313 g/mol. The quantitative estimate of drug-likeness (QED) is 0.805. The van der Waals surface area contributed by atoms with Crippen LogP contribution in [0.25, 0.3) is 0 Å². The molecule has 0 aliphatic heterocycles. The van der Waals surface area contributed by atoms with Gasteiger partial charge in [0.1, 0.15) is 11.2 Å². The molecule has 1 rings (SSSR count). The Bertz CT molecular complexity index is 405. The van der Waals surface area contributed by atoms with Crippen molar-refractivity contribution in [3.63, 3.8) is 0 Å². The molecule has 0 saturated heterocycles. The van der Waals surface area contributed by atoms with Crippen molar-refractivity contribution in [2.24, 2.45) is 5.41 Å². The van der Waals surface area contributed by atoms with Gasteiger partial charge in [0.25, 0.3) is 0 Å². The van der Waals surface area contributed by atoms with Crippen molar-refractivity contribution < 1.29 is 4.79 Å². The molecule has 3 heteroatoms. The smallest absolute Gasteiger partial charge is 0.150 e. The second-order valence-electron chi connectivity index (χ2n) is 3.80. The van der Waals surface area contributed by atoms with Gasteiger partial charge >= 0.3 is 0 Å². The molecule has 0 saturated carbocycles. The van der Waals surface area contributed by atoms with Crippen LogP contribution in [0, 0.1) is 20.3 Å². The average Bonchev–Trinajstić information content (AvgIpc) is 2.21. The third kappa shape index (κ3) is 3.03. The summed E-state index contributed by atoms with van der Waals surface area (Å²) >= 11 is 2.22. The van der Waals surface area contributed by atoms with Crippen LogP contribution >= 0.6 is 22.6 Å². The zero-order chi connectivity index (χ0) is 11.5. The number of halogens is 1. The largest absolute Gasteiger partial charge is 0.298 e. The van der Waals surface area contributed by atoms with Crippen LogP contribution in [-0.2, 0) is 11.2 Å². The molecule has 1 aromatic rings. The molecule has 0 aliphatic rings. The number of hydrogen-bond donors (Lipinski definition) is 0. The topological polar surface area (TPSA) is 40.9 Å². The van der Waals surface area contributed by atoms with E-state index in [0.29, 0.717) is 6.42 Å². The molecule has 15 heavy (non-hydrogen) atoms. The van der Waals surface area contributed by atoms with Crippen molar-refractivity contribution in [1.82, 2.24) is 0 Å². The summed E-state index contributed by atoms with van der Waals surface area (Å²) in [6.07, 6.45) is 0.482. The van der Waals surface area contributed by atoms with Crippen LogP contribution in [0.4, 0.5) is 0 Å². The number of nitriles is 1. The van der Waals surface area contributed by atoms with Gasteiger partial charge in [-0.05, 0) is 60.6 Å². The van der Waals surface area contributed by atoms with Crippen LogP contribution in [0.15, 0.2) is 24.3 Å². The number of hydrogen-bond acceptors (Lipinski definition) is 2. The highest BCUT2D eigenvalue weighted by Gasteiger charge is 2.29. The van der Waals surface area contributed by atoms with Crippen LogP contribution in [0.1, 0.15) is 19.4 Å². The van der Waals surface area contributed by atoms with Gasteiger partial charge in [0.2, 0.25) is 0 Å². The SMILES string of the molecule is CC(=O)C(C)(C#N)Cc1ccc(I)cc1. The van der Waals surface area contributed by atoms with Crippen molar-refractivity contribution >= 4 is 28.4 Å². The van der Waals surface area contributed by atoms with Gasteiger partial charge in [0.05, 0.1) is 6.07 Å². The molecule has 0 radical (unpaired) electrons. The van der Waals surface area contributed by atoms with Crippen molar-refractivity contribution in [2.45, 2.75) is 20.3 Å². The Balaban J connectivity index is 2.90. The molecule has 0 N–H and O–H groups in total. The maximum atomic E-state index is 11.3. The van der Waals surface area contributed by atoms with E-state index in [-0.39, 0.29) is 5.78 Å². The molecule has 0 heterocycles. The van der Waals surface area contributed by atoms with Gasteiger partial charge in [-0.1, -0.05) is 12.1 Å². The summed E-state index contributed by atoms with van der Waals surface area (Å²) in [5.74, 6) is -0.0800. The van der Waals surface area contributed by atoms with E-state index in [1.54, 1.807) is 6.92 Å². The summed E-state index contributed by atoms with van der Waals surface area (Å²) in [5, 5.41) is 9.00. The van der Waals surface area contributed by atoms with Crippen molar-refractivity contribution in [3.05, 3.63) is 33.4 Å². The van der Waals surface area contributed by atoms with Gasteiger partial charge < -0.3 is 0 Å². The molecule has 0 amide bonds. The minimum atomic E-state index is -0.896. The first-order valence-corrected chi connectivity index (χ1v) is 5.72. The summed E-state index contributed by atoms with van der Waals surface area (Å²) in [4.78, 5) is 11.3. The lowest BCUT2D eigenvalue weighted by Crippen LogP contribution is -2.26. The number of nitrogens with zero attached hydrogens (tertiary/aromatic N) is 1. The number of rotatable bonds is 3. The van der Waals surface area contributed by atoms with E-state index in [1.165, 1.54) is 6.92 Å². The van der Waals surface area contributed by atoms with Gasteiger partial charge in [-0.15, -0.1) is 0 Å². The first-order chi connectivity index (χ1) is 6.98. The number of carbonyl (C=O) groups is 1. The van der Waals surface area contributed by atoms with Crippen LogP contribution in [0.5, 0.6) is 0 Å². The molecule has 0 fully saturated rings. The first kappa shape index (κ1) is 12.2. The van der Waals surface area contributed by atoms with E-state index in [9.17, 15) is 4.79 Å². The molecule has 2 nitrogen and oxygen atoms in total. The summed E-state index contributed by atoms with van der Waals surface area (Å²) in [6.45, 7) is 3.16. The highest BCUT2D eigenvalue weighted by atomic mass is 127. The van der Waals surface area contributed by atoms with E-state index < -0.39 is 5.41 Å². The fraction of sp³-hybridized carbons (Fsp3) is 0.333. The second-order valence-corrected chi connectivity index (χ2v) is 5.05. The van der Waals surface area contributed by atoms with Crippen LogP contribution in [0.3, 0.4) is 0 Å². The van der Waals surface area contributed by atoms with Crippen molar-refractivity contribution in [1.29, 1.82) is 5.26 Å². The highest BCUT2D eigenvalue weighted by Crippen LogP contribution is 2.23. The lowest BCUT2D eigenvalue weighted by molar-refractivity contribution is -0.123. The van der Waals surface area contributed by atoms with Crippen LogP contribution < -0.4 is 0 Å². The van der Waals surface area contributed by atoms with E-state index in [0.717, 1.165) is 9.13 Å². The molecule has 78 valence electrons. The number of carbonyl (C=O) groups excluding carboxylic acids is 1. The van der Waals surface area contributed by atoms with E-state index in [4.69, 9.17) is 5.26 Å². The van der Waals surface area contributed by atoms with Gasteiger partial charge in [-0.25, -0.2) is 0 Å². The van der Waals surface area contributed by atoms with Crippen LogP contribution in [0.2, 0.25) is 0 Å². The minimum absolute atomic E-state index is 0.0800. The summed E-state index contributed by atoms with van der Waals surface area (Å²) in [7, 11) is 0. The normalized spacial score (nSPS) is 14.0. The molecular formula is C12H12INO. The fourth-order valence-electron chi connectivity index (χ4n) is 1.25. The molecule has 1 aromatic carbocycles. The second kappa shape index (κ2) is 4.75. The van der Waals surface area contributed by atoms with E-state index >= 15 is 0 Å². The highest BCUT2D eigenvalue weighted by molar-refractivity contribution is 14.1. The number of benzene rings is 1. The molecule has 0 bridgehead atoms. The Kier molecular flexibility index (Phi) is 3.86. The Hall–Kier alpha value is -0.890. The standard InChI is InChI=1S/C12H12INO/c1-9(15)12(2,8-14)7-10-3-5-11(13)6-4-10/h3-6H,7H2,1-2H3. The molecule has 0 aromatic heterocycles. The Morgan fingerprint density at radius 2 is 2.00 bits per heavy atom. The summed E-state index contributed by atoms with van der Waals surface area (Å²) in [6, 6.07) is 9.97. The maximum Gasteiger partial charge on any atom is 0.150 e. The zero-order valence-electron chi connectivity index (χ0n) is 8.75. The number of Topliss-reactive ketones (excluding diaryl/α,β-unsaturated/α-hetero) is 1. The van der Waals surface area contributed by atoms with Gasteiger partial charge in [0, 0.05) is 3.57 Å². The third-order valence-corrected chi connectivity index (χ3v) is 3.21. The first-order valence-electron chi connectivity index (χ1n) is 4.65. The van der Waals surface area contributed by atoms with Gasteiger partial charge in [-0.2, -0.15) is 5.26 Å². The summed E-state index contributed by atoms with van der Waals surface area (Å²) < 4.78 is 1.15.